The maximum absolute atomic E-state index is 13.8. The molecule has 1 fully saturated rings. The van der Waals surface area contributed by atoms with Crippen LogP contribution in [0.5, 0.6) is 0 Å². The molecule has 1 heterocycles. The van der Waals surface area contributed by atoms with Gasteiger partial charge in [0.05, 0.1) is 24.7 Å². The summed E-state index contributed by atoms with van der Waals surface area (Å²) in [6.45, 7) is 5.56. The van der Waals surface area contributed by atoms with Gasteiger partial charge in [0.2, 0.25) is 10.0 Å². The van der Waals surface area contributed by atoms with Gasteiger partial charge in [-0.2, -0.15) is 4.31 Å². The van der Waals surface area contributed by atoms with Gasteiger partial charge in [0.15, 0.2) is 0 Å². The summed E-state index contributed by atoms with van der Waals surface area (Å²) in [6.07, 6.45) is 0. The maximum Gasteiger partial charge on any atom is 0.258 e. The van der Waals surface area contributed by atoms with Gasteiger partial charge in [0.1, 0.15) is 0 Å². The van der Waals surface area contributed by atoms with Crippen LogP contribution in [0.2, 0.25) is 0 Å². The smallest absolute Gasteiger partial charge is 0.258 e. The Bertz CT molecular complexity index is 1220. The van der Waals surface area contributed by atoms with Gasteiger partial charge < -0.3 is 9.64 Å². The fourth-order valence-electron chi connectivity index (χ4n) is 3.84. The van der Waals surface area contributed by atoms with E-state index in [2.05, 4.69) is 0 Å². The first kappa shape index (κ1) is 23.2. The first-order valence-electron chi connectivity index (χ1n) is 11.0. The van der Waals surface area contributed by atoms with Crippen LogP contribution in [0.4, 0.5) is 5.69 Å². The van der Waals surface area contributed by atoms with Gasteiger partial charge in [-0.25, -0.2) is 8.42 Å². The summed E-state index contributed by atoms with van der Waals surface area (Å²) in [5.74, 6) is -0.237. The second-order valence-corrected chi connectivity index (χ2v) is 10.1. The molecule has 0 aromatic heterocycles. The van der Waals surface area contributed by atoms with Crippen molar-refractivity contribution in [1.82, 2.24) is 4.31 Å². The molecular weight excluding hydrogens is 436 g/mol. The molecule has 0 unspecified atom stereocenters. The van der Waals surface area contributed by atoms with Gasteiger partial charge in [-0.1, -0.05) is 54.1 Å². The fourth-order valence-corrected chi connectivity index (χ4v) is 5.28. The lowest BCUT2D eigenvalue weighted by atomic mass is 10.1. The lowest BCUT2D eigenvalue weighted by Gasteiger charge is -2.27. The normalized spacial score (nSPS) is 14.7. The van der Waals surface area contributed by atoms with E-state index in [1.807, 2.05) is 68.4 Å². The van der Waals surface area contributed by atoms with Crippen LogP contribution in [0.1, 0.15) is 27.0 Å². The van der Waals surface area contributed by atoms with Crippen molar-refractivity contribution >= 4 is 21.6 Å². The van der Waals surface area contributed by atoms with Gasteiger partial charge in [-0.05, 0) is 49.2 Å². The largest absolute Gasteiger partial charge is 0.379 e. The van der Waals surface area contributed by atoms with Crippen LogP contribution in [0.3, 0.4) is 0 Å². The summed E-state index contributed by atoms with van der Waals surface area (Å²) in [7, 11) is -3.71. The number of nitrogens with zero attached hydrogens (tertiary/aromatic N) is 2. The molecule has 6 nitrogen and oxygen atoms in total. The number of sulfonamides is 1. The summed E-state index contributed by atoms with van der Waals surface area (Å²) in [5.41, 5.74) is 3.95. The van der Waals surface area contributed by atoms with Crippen molar-refractivity contribution in [2.45, 2.75) is 25.3 Å². The topological polar surface area (TPSA) is 66.9 Å². The van der Waals surface area contributed by atoms with Gasteiger partial charge in [0, 0.05) is 24.3 Å². The molecule has 172 valence electrons. The molecule has 7 heteroatoms. The molecule has 1 amide bonds. The molecule has 0 saturated carbocycles. The molecule has 33 heavy (non-hydrogen) atoms. The highest BCUT2D eigenvalue weighted by molar-refractivity contribution is 7.89. The summed E-state index contributed by atoms with van der Waals surface area (Å²) in [4.78, 5) is 15.6. The van der Waals surface area contributed by atoms with Crippen LogP contribution < -0.4 is 4.90 Å². The summed E-state index contributed by atoms with van der Waals surface area (Å²) in [5, 5.41) is 0. The summed E-state index contributed by atoms with van der Waals surface area (Å²) >= 11 is 0. The molecule has 1 aliphatic rings. The van der Waals surface area contributed by atoms with Crippen LogP contribution in [0.15, 0.2) is 77.7 Å². The Hall–Kier alpha value is -3.00. The Morgan fingerprint density at radius 1 is 0.939 bits per heavy atom. The highest BCUT2D eigenvalue weighted by Crippen LogP contribution is 2.25. The van der Waals surface area contributed by atoms with Crippen molar-refractivity contribution in [3.05, 3.63) is 95.1 Å². The van der Waals surface area contributed by atoms with Crippen molar-refractivity contribution in [2.75, 3.05) is 31.2 Å². The number of aryl methyl sites for hydroxylation is 2. The van der Waals surface area contributed by atoms with E-state index in [0.29, 0.717) is 38.4 Å². The Labute approximate surface area is 195 Å². The summed E-state index contributed by atoms with van der Waals surface area (Å²) < 4.78 is 33.1. The SMILES string of the molecule is Cc1ccc(N(Cc2ccccc2)C(=O)c2cc(S(=O)(=O)N3CCOCC3)ccc2C)cc1. The molecule has 3 aromatic rings. The molecule has 0 N–H and O–H groups in total. The lowest BCUT2D eigenvalue weighted by Crippen LogP contribution is -2.40. The predicted octanol–water partition coefficient (Wildman–Crippen LogP) is 4.17. The first-order valence-corrected chi connectivity index (χ1v) is 12.4. The zero-order chi connectivity index (χ0) is 23.4. The standard InChI is InChI=1S/C26H28N2O4S/c1-20-8-11-23(12-9-20)28(19-22-6-4-3-5-7-22)26(29)25-18-24(13-10-21(25)2)33(30,31)27-14-16-32-17-15-27/h3-13,18H,14-17,19H2,1-2H3. The van der Waals surface area contributed by atoms with Crippen LogP contribution in [0, 0.1) is 13.8 Å². The Balaban J connectivity index is 1.72. The Kier molecular flexibility index (Phi) is 6.93. The van der Waals surface area contributed by atoms with Crippen molar-refractivity contribution < 1.29 is 17.9 Å². The molecule has 1 aliphatic heterocycles. The van der Waals surface area contributed by atoms with Gasteiger partial charge in [-0.3, -0.25) is 4.79 Å². The zero-order valence-electron chi connectivity index (χ0n) is 18.9. The number of rotatable bonds is 6. The van der Waals surface area contributed by atoms with E-state index in [-0.39, 0.29) is 10.8 Å². The van der Waals surface area contributed by atoms with Crippen LogP contribution in [-0.2, 0) is 21.3 Å². The number of anilines is 1. The van der Waals surface area contributed by atoms with Crippen LogP contribution >= 0.6 is 0 Å². The van der Waals surface area contributed by atoms with E-state index >= 15 is 0 Å². The third-order valence-corrected chi connectivity index (χ3v) is 7.72. The van der Waals surface area contributed by atoms with E-state index in [1.54, 1.807) is 17.0 Å². The predicted molar refractivity (Wildman–Crippen MR) is 129 cm³/mol. The van der Waals surface area contributed by atoms with Gasteiger partial charge in [-0.15, -0.1) is 0 Å². The van der Waals surface area contributed by atoms with E-state index < -0.39 is 10.0 Å². The second kappa shape index (κ2) is 9.87. The van der Waals surface area contributed by atoms with E-state index in [4.69, 9.17) is 4.74 Å². The number of ether oxygens (including phenoxy) is 1. The minimum Gasteiger partial charge on any atom is -0.379 e. The number of morpholine rings is 1. The van der Waals surface area contributed by atoms with Crippen LogP contribution in [-0.4, -0.2) is 44.9 Å². The minimum atomic E-state index is -3.71. The van der Waals surface area contributed by atoms with Gasteiger partial charge >= 0.3 is 0 Å². The van der Waals surface area contributed by atoms with Crippen molar-refractivity contribution in [3.63, 3.8) is 0 Å². The molecule has 0 radical (unpaired) electrons. The maximum atomic E-state index is 13.8. The zero-order valence-corrected chi connectivity index (χ0v) is 19.7. The molecular formula is C26H28N2O4S. The number of carbonyl (C=O) groups is 1. The molecule has 1 saturated heterocycles. The third-order valence-electron chi connectivity index (χ3n) is 5.82. The number of benzene rings is 3. The Morgan fingerprint density at radius 2 is 1.61 bits per heavy atom. The molecule has 3 aromatic carbocycles. The average Bonchev–Trinajstić information content (AvgIpc) is 2.84. The van der Waals surface area contributed by atoms with E-state index in [1.165, 1.54) is 10.4 Å². The quantitative estimate of drug-likeness (QED) is 0.549. The third kappa shape index (κ3) is 5.16. The Morgan fingerprint density at radius 3 is 2.27 bits per heavy atom. The van der Waals surface area contributed by atoms with E-state index in [9.17, 15) is 13.2 Å². The van der Waals surface area contributed by atoms with Crippen molar-refractivity contribution in [3.8, 4) is 0 Å². The number of hydrogen-bond acceptors (Lipinski definition) is 4. The molecule has 0 bridgehead atoms. The summed E-state index contributed by atoms with van der Waals surface area (Å²) in [6, 6.07) is 22.3. The monoisotopic (exact) mass is 464 g/mol. The van der Waals surface area contributed by atoms with E-state index in [0.717, 1.165) is 22.4 Å². The molecule has 0 atom stereocenters. The lowest BCUT2D eigenvalue weighted by molar-refractivity contribution is 0.0730. The highest BCUT2D eigenvalue weighted by atomic mass is 32.2. The van der Waals surface area contributed by atoms with Crippen molar-refractivity contribution in [2.24, 2.45) is 0 Å². The first-order chi connectivity index (χ1) is 15.9. The highest BCUT2D eigenvalue weighted by Gasteiger charge is 2.28. The molecule has 4 rings (SSSR count). The number of hydrogen-bond donors (Lipinski definition) is 0. The molecule has 0 spiro atoms. The number of carbonyl (C=O) groups excluding carboxylic acids is 1. The van der Waals surface area contributed by atoms with Crippen molar-refractivity contribution in [1.29, 1.82) is 0 Å². The minimum absolute atomic E-state index is 0.127. The second-order valence-electron chi connectivity index (χ2n) is 8.21. The van der Waals surface area contributed by atoms with Crippen LogP contribution in [0.25, 0.3) is 0 Å². The fraction of sp³-hybridized carbons (Fsp3) is 0.269. The molecule has 0 aliphatic carbocycles. The average molecular weight is 465 g/mol. The number of amides is 1. The van der Waals surface area contributed by atoms with Gasteiger partial charge in [0.25, 0.3) is 5.91 Å².